The van der Waals surface area contributed by atoms with Crippen molar-refractivity contribution in [3.63, 3.8) is 0 Å². The fourth-order valence-corrected chi connectivity index (χ4v) is 1.86. The van der Waals surface area contributed by atoms with Gasteiger partial charge in [0.1, 0.15) is 0 Å². The topological polar surface area (TPSA) is 46.5 Å². The standard InChI is InChI=1S/C11H16O3S/c1-2-3-4-7-14-11(13)10(12)9-6-5-8-15-9/h5-6,8,10,12H,2-4,7H2,1H3. The number of thiophene rings is 1. The van der Waals surface area contributed by atoms with Crippen LogP contribution in [0.1, 0.15) is 37.2 Å². The zero-order valence-corrected chi connectivity index (χ0v) is 9.63. The van der Waals surface area contributed by atoms with Crippen LogP contribution in [0.3, 0.4) is 0 Å². The second kappa shape index (κ2) is 6.58. The van der Waals surface area contributed by atoms with Crippen molar-refractivity contribution in [2.24, 2.45) is 0 Å². The molecule has 4 heteroatoms. The van der Waals surface area contributed by atoms with Crippen LogP contribution < -0.4 is 0 Å². The third-order valence-corrected chi connectivity index (χ3v) is 2.95. The highest BCUT2D eigenvalue weighted by molar-refractivity contribution is 7.10. The lowest BCUT2D eigenvalue weighted by Crippen LogP contribution is -2.15. The number of carbonyl (C=O) groups is 1. The van der Waals surface area contributed by atoms with Crippen LogP contribution in [0.2, 0.25) is 0 Å². The molecule has 15 heavy (non-hydrogen) atoms. The molecule has 1 aromatic rings. The summed E-state index contributed by atoms with van der Waals surface area (Å²) >= 11 is 1.35. The van der Waals surface area contributed by atoms with Crippen LogP contribution in [-0.2, 0) is 9.53 Å². The lowest BCUT2D eigenvalue weighted by atomic mass is 10.2. The van der Waals surface area contributed by atoms with Crippen LogP contribution >= 0.6 is 11.3 Å². The summed E-state index contributed by atoms with van der Waals surface area (Å²) in [5.41, 5.74) is 0. The first-order valence-corrected chi connectivity index (χ1v) is 6.01. The molecule has 0 fully saturated rings. The van der Waals surface area contributed by atoms with E-state index in [9.17, 15) is 9.90 Å². The smallest absolute Gasteiger partial charge is 0.340 e. The van der Waals surface area contributed by atoms with Crippen molar-refractivity contribution in [3.8, 4) is 0 Å². The molecule has 1 atom stereocenters. The number of hydrogen-bond donors (Lipinski definition) is 1. The maximum Gasteiger partial charge on any atom is 0.340 e. The van der Waals surface area contributed by atoms with E-state index in [1.165, 1.54) is 11.3 Å². The number of aliphatic hydroxyl groups is 1. The average molecular weight is 228 g/mol. The molecule has 3 nitrogen and oxygen atoms in total. The molecule has 1 aromatic heterocycles. The molecular formula is C11H16O3S. The van der Waals surface area contributed by atoms with Crippen molar-refractivity contribution in [3.05, 3.63) is 22.4 Å². The molecule has 0 aliphatic rings. The number of rotatable bonds is 6. The van der Waals surface area contributed by atoms with Crippen molar-refractivity contribution in [2.75, 3.05) is 6.61 Å². The van der Waals surface area contributed by atoms with Gasteiger partial charge in [-0.25, -0.2) is 4.79 Å². The Labute approximate surface area is 93.7 Å². The van der Waals surface area contributed by atoms with Gasteiger partial charge in [-0.2, -0.15) is 0 Å². The van der Waals surface area contributed by atoms with Crippen LogP contribution in [0.5, 0.6) is 0 Å². The average Bonchev–Trinajstić information content (AvgIpc) is 2.76. The predicted molar refractivity (Wildman–Crippen MR) is 59.8 cm³/mol. The van der Waals surface area contributed by atoms with Gasteiger partial charge in [-0.05, 0) is 17.9 Å². The van der Waals surface area contributed by atoms with Crippen LogP contribution in [0, 0.1) is 0 Å². The monoisotopic (exact) mass is 228 g/mol. The molecule has 0 bridgehead atoms. The van der Waals surface area contributed by atoms with E-state index in [0.717, 1.165) is 19.3 Å². The van der Waals surface area contributed by atoms with Crippen molar-refractivity contribution >= 4 is 17.3 Å². The van der Waals surface area contributed by atoms with Gasteiger partial charge in [0, 0.05) is 4.88 Å². The first kappa shape index (κ1) is 12.2. The van der Waals surface area contributed by atoms with Crippen LogP contribution in [-0.4, -0.2) is 17.7 Å². The summed E-state index contributed by atoms with van der Waals surface area (Å²) in [5.74, 6) is -0.548. The van der Waals surface area contributed by atoms with Crippen molar-refractivity contribution in [2.45, 2.75) is 32.3 Å². The first-order valence-electron chi connectivity index (χ1n) is 5.13. The third-order valence-electron chi connectivity index (χ3n) is 2.03. The van der Waals surface area contributed by atoms with E-state index in [1.54, 1.807) is 12.1 Å². The predicted octanol–water partition coefficient (Wildman–Crippen LogP) is 2.51. The van der Waals surface area contributed by atoms with Gasteiger partial charge in [0.05, 0.1) is 6.61 Å². The number of carbonyl (C=O) groups excluding carboxylic acids is 1. The van der Waals surface area contributed by atoms with Gasteiger partial charge in [0.2, 0.25) is 0 Å². The van der Waals surface area contributed by atoms with Gasteiger partial charge in [0.15, 0.2) is 6.10 Å². The lowest BCUT2D eigenvalue weighted by Gasteiger charge is -2.08. The SMILES string of the molecule is CCCCCOC(=O)C(O)c1cccs1. The summed E-state index contributed by atoms with van der Waals surface area (Å²) in [5, 5.41) is 11.4. The van der Waals surface area contributed by atoms with E-state index in [4.69, 9.17) is 4.74 Å². The Balaban J connectivity index is 2.28. The fraction of sp³-hybridized carbons (Fsp3) is 0.545. The zero-order valence-electron chi connectivity index (χ0n) is 8.81. The molecule has 0 saturated carbocycles. The summed E-state index contributed by atoms with van der Waals surface area (Å²) in [6.45, 7) is 2.48. The Hall–Kier alpha value is -0.870. The van der Waals surface area contributed by atoms with Crippen molar-refractivity contribution in [1.29, 1.82) is 0 Å². The second-order valence-electron chi connectivity index (χ2n) is 3.29. The molecule has 0 amide bonds. The summed E-state index contributed by atoms with van der Waals surface area (Å²) in [4.78, 5) is 12.0. The summed E-state index contributed by atoms with van der Waals surface area (Å²) in [6, 6.07) is 3.52. The summed E-state index contributed by atoms with van der Waals surface area (Å²) in [6.07, 6.45) is 1.87. The van der Waals surface area contributed by atoms with Gasteiger partial charge in [-0.1, -0.05) is 25.8 Å². The third kappa shape index (κ3) is 4.01. The molecule has 1 rings (SSSR count). The van der Waals surface area contributed by atoms with Crippen LogP contribution in [0.4, 0.5) is 0 Å². The molecule has 0 spiro atoms. The Morgan fingerprint density at radius 3 is 3.00 bits per heavy atom. The van der Waals surface area contributed by atoms with Gasteiger partial charge >= 0.3 is 5.97 Å². The Kier molecular flexibility index (Phi) is 5.36. The molecule has 1 unspecified atom stereocenters. The van der Waals surface area contributed by atoms with Gasteiger partial charge in [-0.3, -0.25) is 0 Å². The number of unbranched alkanes of at least 4 members (excludes halogenated alkanes) is 2. The van der Waals surface area contributed by atoms with E-state index in [1.807, 2.05) is 5.38 Å². The highest BCUT2D eigenvalue weighted by Gasteiger charge is 2.19. The quantitative estimate of drug-likeness (QED) is 0.601. The minimum atomic E-state index is -1.12. The number of esters is 1. The summed E-state index contributed by atoms with van der Waals surface area (Å²) < 4.78 is 4.95. The Morgan fingerprint density at radius 2 is 2.40 bits per heavy atom. The Bertz CT molecular complexity index is 282. The molecule has 1 N–H and O–H groups in total. The van der Waals surface area contributed by atoms with Crippen LogP contribution in [0.25, 0.3) is 0 Å². The molecule has 0 aliphatic heterocycles. The van der Waals surface area contributed by atoms with Gasteiger partial charge < -0.3 is 9.84 Å². The summed E-state index contributed by atoms with van der Waals surface area (Å²) in [7, 11) is 0. The number of hydrogen-bond acceptors (Lipinski definition) is 4. The maximum absolute atomic E-state index is 11.3. The molecule has 0 aliphatic carbocycles. The number of ether oxygens (including phenoxy) is 1. The number of aliphatic hydroxyl groups excluding tert-OH is 1. The van der Waals surface area contributed by atoms with E-state index in [0.29, 0.717) is 11.5 Å². The second-order valence-corrected chi connectivity index (χ2v) is 4.27. The molecule has 84 valence electrons. The minimum Gasteiger partial charge on any atom is -0.463 e. The van der Waals surface area contributed by atoms with E-state index < -0.39 is 12.1 Å². The highest BCUT2D eigenvalue weighted by atomic mass is 32.1. The highest BCUT2D eigenvalue weighted by Crippen LogP contribution is 2.19. The minimum absolute atomic E-state index is 0.398. The Morgan fingerprint density at radius 1 is 1.60 bits per heavy atom. The molecule has 0 saturated heterocycles. The van der Waals surface area contributed by atoms with Crippen molar-refractivity contribution in [1.82, 2.24) is 0 Å². The molecule has 0 aromatic carbocycles. The molecule has 1 heterocycles. The van der Waals surface area contributed by atoms with E-state index >= 15 is 0 Å². The molecular weight excluding hydrogens is 212 g/mol. The first-order chi connectivity index (χ1) is 7.25. The van der Waals surface area contributed by atoms with Gasteiger partial charge in [-0.15, -0.1) is 11.3 Å². The maximum atomic E-state index is 11.3. The van der Waals surface area contributed by atoms with E-state index in [-0.39, 0.29) is 0 Å². The van der Waals surface area contributed by atoms with Crippen molar-refractivity contribution < 1.29 is 14.6 Å². The lowest BCUT2D eigenvalue weighted by molar-refractivity contribution is -0.153. The van der Waals surface area contributed by atoms with Crippen LogP contribution in [0.15, 0.2) is 17.5 Å². The normalized spacial score (nSPS) is 12.4. The largest absolute Gasteiger partial charge is 0.463 e. The molecule has 0 radical (unpaired) electrons. The zero-order chi connectivity index (χ0) is 11.1. The fourth-order valence-electron chi connectivity index (χ4n) is 1.17. The van der Waals surface area contributed by atoms with E-state index in [2.05, 4.69) is 6.92 Å². The van der Waals surface area contributed by atoms with Gasteiger partial charge in [0.25, 0.3) is 0 Å².